The van der Waals surface area contributed by atoms with Gasteiger partial charge in [0, 0.05) is 12.7 Å². The van der Waals surface area contributed by atoms with Crippen molar-refractivity contribution in [2.45, 2.75) is 40.5 Å². The van der Waals surface area contributed by atoms with Gasteiger partial charge in [0.15, 0.2) is 0 Å². The summed E-state index contributed by atoms with van der Waals surface area (Å²) in [5.74, 6) is 0.567. The van der Waals surface area contributed by atoms with Gasteiger partial charge in [-0.2, -0.15) is 0 Å². The predicted octanol–water partition coefficient (Wildman–Crippen LogP) is 3.49. The maximum absolute atomic E-state index is 3.29. The van der Waals surface area contributed by atoms with Crippen molar-refractivity contribution in [2.75, 3.05) is 7.05 Å². The Morgan fingerprint density at radius 3 is 2.23 bits per heavy atom. The Bertz CT molecular complexity index is 183. The maximum Gasteiger partial charge on any atom is 0.00989 e. The van der Waals surface area contributed by atoms with Crippen LogP contribution in [0.15, 0.2) is 23.4 Å². The van der Waals surface area contributed by atoms with E-state index in [9.17, 15) is 0 Å². The first-order valence-corrected chi connectivity index (χ1v) is 5.23. The van der Waals surface area contributed by atoms with Crippen LogP contribution in [0.3, 0.4) is 0 Å². The van der Waals surface area contributed by atoms with Crippen molar-refractivity contribution >= 4 is 0 Å². The van der Waals surface area contributed by atoms with Gasteiger partial charge in [0.1, 0.15) is 0 Å². The summed E-state index contributed by atoms with van der Waals surface area (Å²) in [4.78, 5) is 0. The average Bonchev–Trinajstić information content (AvgIpc) is 2.14. The van der Waals surface area contributed by atoms with E-state index >= 15 is 0 Å². The fraction of sp³-hybridized carbons (Fsp3) is 0.667. The summed E-state index contributed by atoms with van der Waals surface area (Å²) < 4.78 is 0. The third-order valence-corrected chi connectivity index (χ3v) is 2.45. The van der Waals surface area contributed by atoms with Gasteiger partial charge in [0.2, 0.25) is 0 Å². The van der Waals surface area contributed by atoms with Crippen molar-refractivity contribution < 1.29 is 0 Å². The Labute approximate surface area is 82.9 Å². The summed E-state index contributed by atoms with van der Waals surface area (Å²) in [5.41, 5.74) is 2.93. The van der Waals surface area contributed by atoms with Gasteiger partial charge in [-0.15, -0.1) is 0 Å². The van der Waals surface area contributed by atoms with E-state index in [0.717, 1.165) is 12.8 Å². The standard InChI is InChI=1S/C12H23N/c1-6-9-10(4)11(7-2)12(8-3)13-5/h6,9-10,13H,7-8H2,1-5H3/b9-6-,12-11+. The minimum Gasteiger partial charge on any atom is -0.391 e. The first-order chi connectivity index (χ1) is 6.21. The lowest BCUT2D eigenvalue weighted by atomic mass is 9.95. The number of hydrogen-bond acceptors (Lipinski definition) is 1. The lowest BCUT2D eigenvalue weighted by molar-refractivity contribution is 0.741. The second-order valence-corrected chi connectivity index (χ2v) is 3.28. The van der Waals surface area contributed by atoms with Gasteiger partial charge in [-0.25, -0.2) is 0 Å². The molecule has 1 unspecified atom stereocenters. The molecule has 0 amide bonds. The zero-order chi connectivity index (χ0) is 10.3. The molecule has 0 aromatic heterocycles. The van der Waals surface area contributed by atoms with E-state index in [1.54, 1.807) is 0 Å². The minimum atomic E-state index is 0.567. The van der Waals surface area contributed by atoms with E-state index in [1.807, 2.05) is 7.05 Å². The molecule has 1 atom stereocenters. The van der Waals surface area contributed by atoms with Gasteiger partial charge in [0.05, 0.1) is 0 Å². The van der Waals surface area contributed by atoms with Gasteiger partial charge in [-0.05, 0) is 31.3 Å². The van der Waals surface area contributed by atoms with Crippen molar-refractivity contribution in [1.82, 2.24) is 5.32 Å². The van der Waals surface area contributed by atoms with Crippen LogP contribution in [0.5, 0.6) is 0 Å². The van der Waals surface area contributed by atoms with E-state index in [0.29, 0.717) is 5.92 Å². The zero-order valence-corrected chi connectivity index (χ0v) is 9.65. The van der Waals surface area contributed by atoms with Gasteiger partial charge >= 0.3 is 0 Å². The summed E-state index contributed by atoms with van der Waals surface area (Å²) >= 11 is 0. The fourth-order valence-electron chi connectivity index (χ4n) is 1.78. The molecule has 1 N–H and O–H groups in total. The van der Waals surface area contributed by atoms with Crippen LogP contribution >= 0.6 is 0 Å². The molecule has 0 spiro atoms. The molecule has 0 aliphatic rings. The Hall–Kier alpha value is -0.720. The summed E-state index contributed by atoms with van der Waals surface area (Å²) in [7, 11) is 2.01. The van der Waals surface area contributed by atoms with Crippen LogP contribution in [0.4, 0.5) is 0 Å². The monoisotopic (exact) mass is 181 g/mol. The maximum atomic E-state index is 3.29. The number of rotatable bonds is 5. The molecule has 76 valence electrons. The largest absolute Gasteiger partial charge is 0.391 e. The van der Waals surface area contributed by atoms with Crippen molar-refractivity contribution in [1.29, 1.82) is 0 Å². The molecule has 13 heavy (non-hydrogen) atoms. The summed E-state index contributed by atoms with van der Waals surface area (Å²) in [6.07, 6.45) is 6.62. The molecule has 0 saturated carbocycles. The molecule has 1 heteroatoms. The molecule has 0 heterocycles. The highest BCUT2D eigenvalue weighted by Gasteiger charge is 2.07. The molecule has 0 fully saturated rings. The smallest absolute Gasteiger partial charge is 0.00989 e. The van der Waals surface area contributed by atoms with E-state index in [4.69, 9.17) is 0 Å². The third kappa shape index (κ3) is 3.67. The Morgan fingerprint density at radius 1 is 1.31 bits per heavy atom. The second kappa shape index (κ2) is 6.76. The first kappa shape index (κ1) is 12.3. The minimum absolute atomic E-state index is 0.567. The van der Waals surface area contributed by atoms with Crippen molar-refractivity contribution in [3.8, 4) is 0 Å². The van der Waals surface area contributed by atoms with Gasteiger partial charge in [-0.3, -0.25) is 0 Å². The topological polar surface area (TPSA) is 12.0 Å². The van der Waals surface area contributed by atoms with Crippen LogP contribution in [-0.4, -0.2) is 7.05 Å². The average molecular weight is 181 g/mol. The number of hydrogen-bond donors (Lipinski definition) is 1. The summed E-state index contributed by atoms with van der Waals surface area (Å²) in [5, 5.41) is 3.29. The van der Waals surface area contributed by atoms with Crippen LogP contribution < -0.4 is 5.32 Å². The fourth-order valence-corrected chi connectivity index (χ4v) is 1.78. The van der Waals surface area contributed by atoms with Crippen LogP contribution in [0.2, 0.25) is 0 Å². The van der Waals surface area contributed by atoms with Crippen molar-refractivity contribution in [3.05, 3.63) is 23.4 Å². The van der Waals surface area contributed by atoms with Crippen molar-refractivity contribution in [3.63, 3.8) is 0 Å². The van der Waals surface area contributed by atoms with Gasteiger partial charge in [-0.1, -0.05) is 32.9 Å². The SMILES string of the molecule is C/C=C\C(C)/C(CC)=C(\CC)NC. The lowest BCUT2D eigenvalue weighted by Crippen LogP contribution is -2.11. The van der Waals surface area contributed by atoms with E-state index in [-0.39, 0.29) is 0 Å². The lowest BCUT2D eigenvalue weighted by Gasteiger charge is -2.16. The highest BCUT2D eigenvalue weighted by Crippen LogP contribution is 2.20. The molecule has 0 aromatic rings. The zero-order valence-electron chi connectivity index (χ0n) is 9.65. The van der Waals surface area contributed by atoms with E-state index in [2.05, 4.69) is 45.2 Å². The normalized spacial score (nSPS) is 15.8. The van der Waals surface area contributed by atoms with E-state index in [1.165, 1.54) is 11.3 Å². The molecule has 0 aliphatic heterocycles. The molecule has 0 rings (SSSR count). The molecule has 0 aliphatic carbocycles. The second-order valence-electron chi connectivity index (χ2n) is 3.28. The molecule has 0 aromatic carbocycles. The van der Waals surface area contributed by atoms with Gasteiger partial charge < -0.3 is 5.32 Å². The highest BCUT2D eigenvalue weighted by atomic mass is 14.8. The summed E-state index contributed by atoms with van der Waals surface area (Å²) in [6.45, 7) is 8.76. The number of nitrogens with one attached hydrogen (secondary N) is 1. The molecule has 0 saturated heterocycles. The Balaban J connectivity index is 4.72. The summed E-state index contributed by atoms with van der Waals surface area (Å²) in [6, 6.07) is 0. The van der Waals surface area contributed by atoms with Crippen LogP contribution in [0.1, 0.15) is 40.5 Å². The molecule has 0 radical (unpaired) electrons. The quantitative estimate of drug-likeness (QED) is 0.640. The van der Waals surface area contributed by atoms with Crippen LogP contribution in [-0.2, 0) is 0 Å². The number of allylic oxidation sites excluding steroid dienone is 4. The molecule has 1 nitrogen and oxygen atoms in total. The first-order valence-electron chi connectivity index (χ1n) is 5.23. The van der Waals surface area contributed by atoms with Crippen LogP contribution in [0, 0.1) is 5.92 Å². The van der Waals surface area contributed by atoms with E-state index < -0.39 is 0 Å². The molecular weight excluding hydrogens is 158 g/mol. The highest BCUT2D eigenvalue weighted by molar-refractivity contribution is 5.18. The van der Waals surface area contributed by atoms with Crippen LogP contribution in [0.25, 0.3) is 0 Å². The Kier molecular flexibility index (Phi) is 6.38. The molecule has 0 bridgehead atoms. The molecular formula is C12H23N. The van der Waals surface area contributed by atoms with Gasteiger partial charge in [0.25, 0.3) is 0 Å². The van der Waals surface area contributed by atoms with Crippen molar-refractivity contribution in [2.24, 2.45) is 5.92 Å². The Morgan fingerprint density at radius 2 is 1.92 bits per heavy atom. The third-order valence-electron chi connectivity index (χ3n) is 2.45. The predicted molar refractivity (Wildman–Crippen MR) is 60.6 cm³/mol.